The summed E-state index contributed by atoms with van der Waals surface area (Å²) >= 11 is 0. The maximum atomic E-state index is 11.4. The van der Waals surface area contributed by atoms with Crippen molar-refractivity contribution in [2.24, 2.45) is 0 Å². The third-order valence-electron chi connectivity index (χ3n) is 5.52. The van der Waals surface area contributed by atoms with Crippen molar-refractivity contribution in [2.75, 3.05) is 11.9 Å². The van der Waals surface area contributed by atoms with Gasteiger partial charge >= 0.3 is 0 Å². The van der Waals surface area contributed by atoms with Crippen LogP contribution in [0.15, 0.2) is 18.2 Å². The van der Waals surface area contributed by atoms with Crippen LogP contribution < -0.4 is 10.1 Å². The summed E-state index contributed by atoms with van der Waals surface area (Å²) < 4.78 is 7.95. The van der Waals surface area contributed by atoms with E-state index in [9.17, 15) is 4.79 Å². The van der Waals surface area contributed by atoms with Gasteiger partial charge in [-0.1, -0.05) is 19.3 Å². The molecule has 1 fully saturated rings. The van der Waals surface area contributed by atoms with Crippen molar-refractivity contribution >= 4 is 28.6 Å². The summed E-state index contributed by atoms with van der Waals surface area (Å²) in [5, 5.41) is 15.2. The van der Waals surface area contributed by atoms with Gasteiger partial charge in [0.2, 0.25) is 5.91 Å². The van der Waals surface area contributed by atoms with Crippen molar-refractivity contribution in [1.82, 2.24) is 20.2 Å². The Kier molecular flexibility index (Phi) is 7.42. The number of unbranched alkanes of at least 4 members (excludes halogenated alkanes) is 1. The van der Waals surface area contributed by atoms with E-state index in [-0.39, 0.29) is 22.9 Å². The number of hydrogen-bond acceptors (Lipinski definition) is 5. The smallest absolute Gasteiger partial charge is 0.224 e. The van der Waals surface area contributed by atoms with Crippen LogP contribution in [0.3, 0.4) is 0 Å². The van der Waals surface area contributed by atoms with E-state index in [2.05, 4.69) is 25.5 Å². The topological polar surface area (TPSA) is 81.9 Å². The molecule has 4 rings (SSSR count). The van der Waals surface area contributed by atoms with Crippen LogP contribution in [-0.2, 0) is 17.6 Å². The minimum atomic E-state index is 0. The fourth-order valence-corrected chi connectivity index (χ4v) is 4.01. The minimum absolute atomic E-state index is 0. The molecule has 1 saturated carbocycles. The average molecular weight is 450 g/mol. The molecule has 1 aromatic heterocycles. The third-order valence-corrected chi connectivity index (χ3v) is 5.52. The highest BCUT2D eigenvalue weighted by Gasteiger charge is 2.19. The molecule has 0 spiro atoms. The zero-order chi connectivity index (χ0) is 18.5. The number of nitrogens with one attached hydrogen (secondary N) is 1. The molecule has 1 aliphatic heterocycles. The second kappa shape index (κ2) is 10.0. The van der Waals surface area contributed by atoms with Gasteiger partial charge in [0, 0.05) is 18.5 Å². The number of carbonyl (C=O) groups is 1. The third kappa shape index (κ3) is 5.10. The van der Waals surface area contributed by atoms with Gasteiger partial charge in [-0.25, -0.2) is 4.68 Å². The summed E-state index contributed by atoms with van der Waals surface area (Å²) in [7, 11) is 0. The highest BCUT2D eigenvalue weighted by atomic mass is 79.9. The van der Waals surface area contributed by atoms with Crippen LogP contribution in [0.1, 0.15) is 68.8 Å². The number of nitrogens with zero attached hydrogens (tertiary/aromatic N) is 4. The average Bonchev–Trinajstić information content (AvgIpc) is 3.17. The molecule has 0 bridgehead atoms. The van der Waals surface area contributed by atoms with Crippen LogP contribution >= 0.6 is 17.0 Å². The van der Waals surface area contributed by atoms with Gasteiger partial charge in [-0.15, -0.1) is 22.1 Å². The standard InChI is InChI=1S/C20H27N5O2.BrH/c26-20-12-9-15-14-17(10-11-18(15)21-20)27-13-5-4-8-19-22-23-24-25(19)16-6-2-1-3-7-16;/h10-11,14,16H,1-9,12-13H2,(H,21,26);1H. The van der Waals surface area contributed by atoms with Gasteiger partial charge in [0.05, 0.1) is 12.6 Å². The molecule has 1 amide bonds. The number of fused-ring (bicyclic) bond motifs is 1. The Labute approximate surface area is 176 Å². The van der Waals surface area contributed by atoms with Crippen LogP contribution in [0.25, 0.3) is 0 Å². The molecule has 8 heteroatoms. The summed E-state index contributed by atoms with van der Waals surface area (Å²) in [5.41, 5.74) is 2.06. The van der Waals surface area contributed by atoms with E-state index < -0.39 is 0 Å². The fraction of sp³-hybridized carbons (Fsp3) is 0.600. The first-order valence-corrected chi connectivity index (χ1v) is 10.1. The summed E-state index contributed by atoms with van der Waals surface area (Å²) in [4.78, 5) is 11.4. The molecule has 152 valence electrons. The predicted octanol–water partition coefficient (Wildman–Crippen LogP) is 4.04. The number of rotatable bonds is 7. The Morgan fingerprint density at radius 1 is 1.14 bits per heavy atom. The number of anilines is 1. The maximum absolute atomic E-state index is 11.4. The number of aryl methyl sites for hydroxylation is 2. The molecule has 0 unspecified atom stereocenters. The normalized spacial score (nSPS) is 16.8. The lowest BCUT2D eigenvalue weighted by atomic mass is 9.95. The van der Waals surface area contributed by atoms with Gasteiger partial charge in [0.15, 0.2) is 5.82 Å². The molecule has 2 aliphatic rings. The number of hydrogen-bond donors (Lipinski definition) is 1. The Morgan fingerprint density at radius 3 is 2.86 bits per heavy atom. The lowest BCUT2D eigenvalue weighted by Crippen LogP contribution is -2.18. The van der Waals surface area contributed by atoms with E-state index in [1.165, 1.54) is 32.1 Å². The van der Waals surface area contributed by atoms with Crippen LogP contribution in [0.2, 0.25) is 0 Å². The Bertz CT molecular complexity index is 789. The number of ether oxygens (including phenoxy) is 1. The van der Waals surface area contributed by atoms with E-state index in [1.54, 1.807) is 0 Å². The molecule has 0 radical (unpaired) electrons. The van der Waals surface area contributed by atoms with Gasteiger partial charge < -0.3 is 10.1 Å². The fourth-order valence-electron chi connectivity index (χ4n) is 4.01. The first kappa shape index (κ1) is 20.8. The second-order valence-corrected chi connectivity index (χ2v) is 7.50. The van der Waals surface area contributed by atoms with Gasteiger partial charge in [0.25, 0.3) is 0 Å². The number of amides is 1. The zero-order valence-corrected chi connectivity index (χ0v) is 17.8. The van der Waals surface area contributed by atoms with Crippen molar-refractivity contribution in [1.29, 1.82) is 0 Å². The molecule has 1 aromatic carbocycles. The van der Waals surface area contributed by atoms with E-state index in [0.717, 1.165) is 48.5 Å². The lowest BCUT2D eigenvalue weighted by molar-refractivity contribution is -0.116. The number of tetrazole rings is 1. The number of aromatic nitrogens is 4. The maximum Gasteiger partial charge on any atom is 0.224 e. The van der Waals surface area contributed by atoms with Gasteiger partial charge in [-0.3, -0.25) is 4.79 Å². The Morgan fingerprint density at radius 2 is 2.00 bits per heavy atom. The zero-order valence-electron chi connectivity index (χ0n) is 16.1. The highest BCUT2D eigenvalue weighted by molar-refractivity contribution is 8.93. The molecule has 1 aliphatic carbocycles. The molecule has 2 heterocycles. The molecular formula is C20H28BrN5O2. The molecular weight excluding hydrogens is 422 g/mol. The van der Waals surface area contributed by atoms with Gasteiger partial charge in [-0.2, -0.15) is 0 Å². The molecule has 7 nitrogen and oxygen atoms in total. The molecule has 1 N–H and O–H groups in total. The summed E-state index contributed by atoms with van der Waals surface area (Å²) in [5.74, 6) is 1.97. The number of carbonyl (C=O) groups excluding carboxylic acids is 1. The molecule has 0 atom stereocenters. The largest absolute Gasteiger partial charge is 0.494 e. The van der Waals surface area contributed by atoms with E-state index >= 15 is 0 Å². The molecule has 28 heavy (non-hydrogen) atoms. The minimum Gasteiger partial charge on any atom is -0.494 e. The van der Waals surface area contributed by atoms with Crippen molar-refractivity contribution in [3.63, 3.8) is 0 Å². The van der Waals surface area contributed by atoms with Crippen LogP contribution in [0.5, 0.6) is 5.75 Å². The van der Waals surface area contributed by atoms with Gasteiger partial charge in [-0.05, 0) is 66.3 Å². The number of halogens is 1. The SMILES string of the molecule is Br.O=C1CCc2cc(OCCCCc3nnnn3C3CCCCC3)ccc2N1. The van der Waals surface area contributed by atoms with Crippen LogP contribution in [-0.4, -0.2) is 32.7 Å². The lowest BCUT2D eigenvalue weighted by Gasteiger charge is -2.22. The quantitative estimate of drug-likeness (QED) is 0.644. The first-order chi connectivity index (χ1) is 13.3. The Balaban J connectivity index is 0.00000225. The van der Waals surface area contributed by atoms with Crippen molar-refractivity contribution < 1.29 is 9.53 Å². The summed E-state index contributed by atoms with van der Waals surface area (Å²) in [6.45, 7) is 0.677. The second-order valence-electron chi connectivity index (χ2n) is 7.50. The first-order valence-electron chi connectivity index (χ1n) is 10.1. The van der Waals surface area contributed by atoms with Crippen molar-refractivity contribution in [3.05, 3.63) is 29.6 Å². The van der Waals surface area contributed by atoms with Crippen molar-refractivity contribution in [3.8, 4) is 5.75 Å². The van der Waals surface area contributed by atoms with Crippen LogP contribution in [0, 0.1) is 0 Å². The van der Waals surface area contributed by atoms with Gasteiger partial charge in [0.1, 0.15) is 5.75 Å². The summed E-state index contributed by atoms with van der Waals surface area (Å²) in [6, 6.07) is 6.38. The molecule has 0 saturated heterocycles. The monoisotopic (exact) mass is 449 g/mol. The van der Waals surface area contributed by atoms with E-state index in [4.69, 9.17) is 4.74 Å². The van der Waals surface area contributed by atoms with Crippen LogP contribution in [0.4, 0.5) is 5.69 Å². The molecule has 2 aromatic rings. The number of benzene rings is 1. The predicted molar refractivity (Wildman–Crippen MR) is 112 cm³/mol. The summed E-state index contributed by atoms with van der Waals surface area (Å²) in [6.07, 6.45) is 10.5. The van der Waals surface area contributed by atoms with E-state index in [1.807, 2.05) is 18.2 Å². The Hall–Kier alpha value is -1.96. The van der Waals surface area contributed by atoms with Crippen molar-refractivity contribution in [2.45, 2.75) is 70.3 Å². The van der Waals surface area contributed by atoms with E-state index in [0.29, 0.717) is 19.1 Å². The highest BCUT2D eigenvalue weighted by Crippen LogP contribution is 2.28.